The molecule has 1 saturated heterocycles. The molecular weight excluding hydrogens is 448 g/mol. The van der Waals surface area contributed by atoms with Crippen LogP contribution in [0.3, 0.4) is 0 Å². The third-order valence-electron chi connectivity index (χ3n) is 7.12. The van der Waals surface area contributed by atoms with E-state index in [4.69, 9.17) is 9.72 Å². The molecule has 1 aromatic carbocycles. The first-order valence-corrected chi connectivity index (χ1v) is 16.5. The van der Waals surface area contributed by atoms with Gasteiger partial charge >= 0.3 is 0 Å². The largest absolute Gasteiger partial charge is 0.361 e. The second-order valence-corrected chi connectivity index (χ2v) is 16.6. The third-order valence-corrected chi connectivity index (χ3v) is 8.83. The number of hydrogen-bond donors (Lipinski definition) is 0. The highest BCUT2D eigenvalue weighted by molar-refractivity contribution is 6.76. The van der Waals surface area contributed by atoms with Crippen LogP contribution in [0, 0.1) is 0 Å². The lowest BCUT2D eigenvalue weighted by atomic mass is 10.1. The van der Waals surface area contributed by atoms with Crippen molar-refractivity contribution < 1.29 is 4.74 Å². The SMILES string of the molecule is C.C[Si](C)(C)CCOCn1ccc2c1ncc1ccn(C3CCCN(Cc4ccccc4)CC3)c12. The van der Waals surface area contributed by atoms with Crippen LogP contribution in [-0.4, -0.2) is 46.8 Å². The van der Waals surface area contributed by atoms with Crippen molar-refractivity contribution in [2.75, 3.05) is 19.7 Å². The zero-order chi connectivity index (χ0) is 23.5. The summed E-state index contributed by atoms with van der Waals surface area (Å²) in [5.41, 5.74) is 3.76. The number of aromatic nitrogens is 3. The van der Waals surface area contributed by atoms with Gasteiger partial charge in [0.05, 0.1) is 5.52 Å². The van der Waals surface area contributed by atoms with E-state index in [-0.39, 0.29) is 7.43 Å². The first-order chi connectivity index (χ1) is 16.5. The van der Waals surface area contributed by atoms with Crippen LogP contribution in [0.5, 0.6) is 0 Å². The number of pyridine rings is 1. The molecule has 1 unspecified atom stereocenters. The van der Waals surface area contributed by atoms with E-state index in [0.717, 1.165) is 25.3 Å². The Kier molecular flexibility index (Phi) is 8.15. The van der Waals surface area contributed by atoms with Crippen molar-refractivity contribution in [2.24, 2.45) is 0 Å². The summed E-state index contributed by atoms with van der Waals surface area (Å²) >= 11 is 0. The lowest BCUT2D eigenvalue weighted by Gasteiger charge is -2.21. The van der Waals surface area contributed by atoms with Crippen LogP contribution in [0.15, 0.2) is 61.1 Å². The number of ether oxygens (including phenoxy) is 1. The van der Waals surface area contributed by atoms with Crippen molar-refractivity contribution in [1.29, 1.82) is 0 Å². The quantitative estimate of drug-likeness (QED) is 0.194. The van der Waals surface area contributed by atoms with Gasteiger partial charge < -0.3 is 13.9 Å². The van der Waals surface area contributed by atoms with E-state index >= 15 is 0 Å². The average molecular weight is 491 g/mol. The van der Waals surface area contributed by atoms with E-state index in [1.165, 1.54) is 53.7 Å². The molecule has 0 saturated carbocycles. The van der Waals surface area contributed by atoms with Crippen LogP contribution in [0.1, 0.15) is 38.3 Å². The number of rotatable bonds is 8. The van der Waals surface area contributed by atoms with E-state index in [0.29, 0.717) is 12.8 Å². The minimum Gasteiger partial charge on any atom is -0.361 e. The molecule has 1 fully saturated rings. The fourth-order valence-electron chi connectivity index (χ4n) is 5.15. The van der Waals surface area contributed by atoms with Gasteiger partial charge in [-0.2, -0.15) is 0 Å². The number of fused-ring (bicyclic) bond motifs is 3. The molecule has 0 bridgehead atoms. The highest BCUT2D eigenvalue weighted by atomic mass is 28.3. The van der Waals surface area contributed by atoms with Gasteiger partial charge in [-0.05, 0) is 49.5 Å². The lowest BCUT2D eigenvalue weighted by molar-refractivity contribution is 0.0899. The van der Waals surface area contributed by atoms with Crippen LogP contribution < -0.4 is 0 Å². The summed E-state index contributed by atoms with van der Waals surface area (Å²) in [5, 5.41) is 2.47. The van der Waals surface area contributed by atoms with Crippen molar-refractivity contribution in [3.8, 4) is 0 Å². The first kappa shape index (κ1) is 25.7. The molecule has 0 aliphatic carbocycles. The maximum Gasteiger partial charge on any atom is 0.143 e. The van der Waals surface area contributed by atoms with Crippen LogP contribution in [0.2, 0.25) is 25.7 Å². The Balaban J connectivity index is 0.00000289. The number of nitrogens with zero attached hydrogens (tertiary/aromatic N) is 4. The fourth-order valence-corrected chi connectivity index (χ4v) is 5.91. The Morgan fingerprint density at radius 3 is 2.63 bits per heavy atom. The number of benzene rings is 1. The zero-order valence-electron chi connectivity index (χ0n) is 20.9. The van der Waals surface area contributed by atoms with Crippen molar-refractivity contribution in [3.63, 3.8) is 0 Å². The van der Waals surface area contributed by atoms with E-state index in [2.05, 4.69) is 88.5 Å². The summed E-state index contributed by atoms with van der Waals surface area (Å²) < 4.78 is 10.7. The van der Waals surface area contributed by atoms with Gasteiger partial charge in [0.25, 0.3) is 0 Å². The van der Waals surface area contributed by atoms with Crippen LogP contribution >= 0.6 is 0 Å². The predicted molar refractivity (Wildman–Crippen MR) is 151 cm³/mol. The molecule has 0 spiro atoms. The van der Waals surface area contributed by atoms with Crippen molar-refractivity contribution >= 4 is 30.0 Å². The second kappa shape index (κ2) is 11.1. The van der Waals surface area contributed by atoms with Gasteiger partial charge in [0.1, 0.15) is 12.4 Å². The molecule has 0 amide bonds. The molecule has 1 aliphatic heterocycles. The standard InChI is InChI=1S/C28H38N4OSi.CH4/c1-34(2,3)19-18-33-22-31-16-13-26-27-24(20-29-28(26)31)11-17-32(27)25-10-7-14-30(15-12-25)21-23-8-5-4-6-9-23;/h4-6,8-9,11,13,16-17,20,25H,7,10,12,14-15,18-19,21-22H2,1-3H3;1H4. The van der Waals surface area contributed by atoms with E-state index in [1.807, 2.05) is 6.20 Å². The lowest BCUT2D eigenvalue weighted by Crippen LogP contribution is -2.24. The molecule has 35 heavy (non-hydrogen) atoms. The molecule has 6 heteroatoms. The van der Waals surface area contributed by atoms with Gasteiger partial charge in [0.15, 0.2) is 0 Å². The highest BCUT2D eigenvalue weighted by Gasteiger charge is 2.21. The summed E-state index contributed by atoms with van der Waals surface area (Å²) in [4.78, 5) is 7.42. The van der Waals surface area contributed by atoms with Crippen molar-refractivity contribution in [2.45, 2.75) is 71.7 Å². The van der Waals surface area contributed by atoms with Gasteiger partial charge in [-0.3, -0.25) is 4.90 Å². The Morgan fingerprint density at radius 1 is 1.00 bits per heavy atom. The first-order valence-electron chi connectivity index (χ1n) is 12.8. The molecule has 5 rings (SSSR count). The van der Waals surface area contributed by atoms with Gasteiger partial charge in [-0.1, -0.05) is 57.4 Å². The van der Waals surface area contributed by atoms with Crippen LogP contribution in [0.25, 0.3) is 21.9 Å². The molecular formula is C29H42N4OSi. The predicted octanol–water partition coefficient (Wildman–Crippen LogP) is 7.17. The number of hydrogen-bond acceptors (Lipinski definition) is 3. The minimum atomic E-state index is -1.07. The average Bonchev–Trinajstić information content (AvgIpc) is 3.35. The monoisotopic (exact) mass is 490 g/mol. The van der Waals surface area contributed by atoms with Crippen LogP contribution in [0.4, 0.5) is 0 Å². The van der Waals surface area contributed by atoms with E-state index < -0.39 is 8.07 Å². The normalized spacial score (nSPS) is 17.5. The summed E-state index contributed by atoms with van der Waals surface area (Å²) in [6, 6.07) is 17.0. The molecule has 188 valence electrons. The third kappa shape index (κ3) is 6.05. The summed E-state index contributed by atoms with van der Waals surface area (Å²) in [7, 11) is -1.07. The van der Waals surface area contributed by atoms with Crippen molar-refractivity contribution in [1.82, 2.24) is 19.0 Å². The molecule has 1 aliphatic rings. The fraction of sp³-hybridized carbons (Fsp3) is 0.483. The van der Waals surface area contributed by atoms with Crippen LogP contribution in [-0.2, 0) is 18.0 Å². The molecule has 4 aromatic rings. The summed E-state index contributed by atoms with van der Waals surface area (Å²) in [6.45, 7) is 11.9. The maximum atomic E-state index is 6.02. The summed E-state index contributed by atoms with van der Waals surface area (Å²) in [5.74, 6) is 0. The minimum absolute atomic E-state index is 0. The summed E-state index contributed by atoms with van der Waals surface area (Å²) in [6.07, 6.45) is 10.1. The molecule has 0 N–H and O–H groups in total. The van der Waals surface area contributed by atoms with Gasteiger partial charge in [-0.15, -0.1) is 0 Å². The molecule has 1 atom stereocenters. The molecule has 5 nitrogen and oxygen atoms in total. The topological polar surface area (TPSA) is 35.2 Å². The number of likely N-dealkylation sites (tertiary alicyclic amines) is 1. The highest BCUT2D eigenvalue weighted by Crippen LogP contribution is 2.32. The second-order valence-electron chi connectivity index (χ2n) is 11.0. The zero-order valence-corrected chi connectivity index (χ0v) is 21.9. The Hall–Kier alpha value is -2.41. The Bertz CT molecular complexity index is 1220. The maximum absolute atomic E-state index is 6.02. The smallest absolute Gasteiger partial charge is 0.143 e. The molecule has 0 radical (unpaired) electrons. The van der Waals surface area contributed by atoms with Gasteiger partial charge in [0, 0.05) is 63.2 Å². The van der Waals surface area contributed by atoms with E-state index in [1.54, 1.807) is 0 Å². The van der Waals surface area contributed by atoms with Crippen molar-refractivity contribution in [3.05, 3.63) is 66.6 Å². The molecule has 3 aromatic heterocycles. The molecule has 4 heterocycles. The van der Waals surface area contributed by atoms with Gasteiger partial charge in [0.2, 0.25) is 0 Å². The van der Waals surface area contributed by atoms with Gasteiger partial charge in [-0.25, -0.2) is 4.98 Å². The van der Waals surface area contributed by atoms with E-state index in [9.17, 15) is 0 Å². The Morgan fingerprint density at radius 2 is 1.83 bits per heavy atom. The Labute approximate surface area is 211 Å².